The lowest BCUT2D eigenvalue weighted by Gasteiger charge is -2.34. The van der Waals surface area contributed by atoms with Crippen LogP contribution in [0.1, 0.15) is 61.3 Å². The van der Waals surface area contributed by atoms with Crippen molar-refractivity contribution in [1.82, 2.24) is 5.32 Å². The molecular formula is C17H27NO2S. The van der Waals surface area contributed by atoms with Crippen molar-refractivity contribution in [2.75, 3.05) is 6.61 Å². The normalized spacial score (nSPS) is 20.0. The molecule has 0 saturated heterocycles. The minimum atomic E-state index is -0.140. The van der Waals surface area contributed by atoms with E-state index in [0.29, 0.717) is 11.3 Å². The maximum absolute atomic E-state index is 12.4. The molecule has 0 bridgehead atoms. The van der Waals surface area contributed by atoms with Gasteiger partial charge in [-0.3, -0.25) is 4.79 Å². The molecule has 1 aliphatic rings. The molecule has 2 unspecified atom stereocenters. The van der Waals surface area contributed by atoms with Crippen LogP contribution in [0.5, 0.6) is 0 Å². The van der Waals surface area contributed by atoms with Gasteiger partial charge in [0.2, 0.25) is 0 Å². The molecule has 2 rings (SSSR count). The molecule has 118 valence electrons. The number of fused-ring (bicyclic) bond motifs is 1. The summed E-state index contributed by atoms with van der Waals surface area (Å²) in [7, 11) is 0. The van der Waals surface area contributed by atoms with E-state index in [0.717, 1.165) is 31.2 Å². The zero-order chi connectivity index (χ0) is 15.6. The third-order valence-corrected chi connectivity index (χ3v) is 5.72. The molecule has 1 heterocycles. The third kappa shape index (κ3) is 3.67. The fraction of sp³-hybridized carbons (Fsp3) is 0.706. The Kier molecular flexibility index (Phi) is 5.10. The number of carbonyl (C=O) groups is 1. The summed E-state index contributed by atoms with van der Waals surface area (Å²) in [4.78, 5) is 13.7. The average Bonchev–Trinajstić information content (AvgIpc) is 2.86. The van der Waals surface area contributed by atoms with Crippen LogP contribution in [0, 0.1) is 11.3 Å². The molecule has 1 aromatic rings. The quantitative estimate of drug-likeness (QED) is 0.895. The molecule has 1 aromatic heterocycles. The van der Waals surface area contributed by atoms with Crippen LogP contribution in [0.4, 0.5) is 0 Å². The second-order valence-corrected chi connectivity index (χ2v) is 8.08. The molecule has 1 aliphatic carbocycles. The highest BCUT2D eigenvalue weighted by molar-refractivity contribution is 7.10. The van der Waals surface area contributed by atoms with E-state index >= 15 is 0 Å². The van der Waals surface area contributed by atoms with E-state index in [2.05, 4.69) is 26.1 Å². The van der Waals surface area contributed by atoms with Crippen molar-refractivity contribution in [3.63, 3.8) is 0 Å². The predicted molar refractivity (Wildman–Crippen MR) is 87.9 cm³/mol. The lowest BCUT2D eigenvalue weighted by molar-refractivity contribution is 0.0914. The first-order valence-corrected chi connectivity index (χ1v) is 8.75. The number of carbonyl (C=O) groups excluding carboxylic acids is 1. The first-order valence-electron chi connectivity index (χ1n) is 7.87. The summed E-state index contributed by atoms with van der Waals surface area (Å²) >= 11 is 1.72. The molecule has 0 aromatic carbocycles. The first kappa shape index (κ1) is 16.5. The number of aliphatic hydroxyl groups excluding tert-OH is 1. The van der Waals surface area contributed by atoms with E-state index in [1.165, 1.54) is 10.4 Å². The molecule has 0 aliphatic heterocycles. The van der Waals surface area contributed by atoms with Gasteiger partial charge in [-0.1, -0.05) is 27.7 Å². The van der Waals surface area contributed by atoms with Crippen molar-refractivity contribution in [3.8, 4) is 0 Å². The van der Waals surface area contributed by atoms with Crippen LogP contribution < -0.4 is 5.32 Å². The highest BCUT2D eigenvalue weighted by Gasteiger charge is 2.31. The largest absolute Gasteiger partial charge is 0.394 e. The Morgan fingerprint density at radius 2 is 2.24 bits per heavy atom. The molecule has 4 heteroatoms. The Labute approximate surface area is 131 Å². The van der Waals surface area contributed by atoms with Gasteiger partial charge in [0.15, 0.2) is 0 Å². The van der Waals surface area contributed by atoms with E-state index in [4.69, 9.17) is 0 Å². The minimum Gasteiger partial charge on any atom is -0.394 e. The fourth-order valence-corrected chi connectivity index (χ4v) is 4.14. The van der Waals surface area contributed by atoms with Gasteiger partial charge < -0.3 is 10.4 Å². The van der Waals surface area contributed by atoms with Crippen molar-refractivity contribution in [2.24, 2.45) is 11.3 Å². The van der Waals surface area contributed by atoms with Crippen LogP contribution in [0.2, 0.25) is 0 Å². The lowest BCUT2D eigenvalue weighted by Crippen LogP contribution is -2.37. The van der Waals surface area contributed by atoms with Gasteiger partial charge in [0.05, 0.1) is 18.2 Å². The topological polar surface area (TPSA) is 49.3 Å². The summed E-state index contributed by atoms with van der Waals surface area (Å²) in [5.41, 5.74) is 2.40. The Bertz CT molecular complexity index is 497. The lowest BCUT2D eigenvalue weighted by atomic mass is 9.72. The summed E-state index contributed by atoms with van der Waals surface area (Å²) < 4.78 is 0. The SMILES string of the molecule is CCC(CO)NC(=O)c1csc2c1CCC(C(C)(C)C)C2. The standard InChI is InChI=1S/C17H27NO2S/c1-5-12(9-19)18-16(20)14-10-21-15-8-11(17(2,3)4)6-7-13(14)15/h10-12,19H,5-9H2,1-4H3,(H,18,20). The van der Waals surface area contributed by atoms with Crippen LogP contribution in [0.15, 0.2) is 5.38 Å². The minimum absolute atomic E-state index is 0.000661. The second kappa shape index (κ2) is 6.49. The molecule has 1 amide bonds. The van der Waals surface area contributed by atoms with Crippen LogP contribution in [0.3, 0.4) is 0 Å². The van der Waals surface area contributed by atoms with Crippen molar-refractivity contribution >= 4 is 17.2 Å². The Morgan fingerprint density at radius 1 is 1.52 bits per heavy atom. The summed E-state index contributed by atoms with van der Waals surface area (Å²) in [6.45, 7) is 8.88. The van der Waals surface area contributed by atoms with Gasteiger partial charge in [0.25, 0.3) is 5.91 Å². The molecule has 2 N–H and O–H groups in total. The number of nitrogens with one attached hydrogen (secondary N) is 1. The molecule has 0 radical (unpaired) electrons. The first-order chi connectivity index (χ1) is 9.86. The second-order valence-electron chi connectivity index (χ2n) is 7.12. The Hall–Kier alpha value is -0.870. The van der Waals surface area contributed by atoms with Gasteiger partial charge in [-0.2, -0.15) is 0 Å². The highest BCUT2D eigenvalue weighted by Crippen LogP contribution is 2.40. The maximum atomic E-state index is 12.4. The van der Waals surface area contributed by atoms with Crippen LogP contribution in [-0.4, -0.2) is 23.7 Å². The van der Waals surface area contributed by atoms with Gasteiger partial charge in [-0.05, 0) is 42.6 Å². The van der Waals surface area contributed by atoms with Gasteiger partial charge >= 0.3 is 0 Å². The summed E-state index contributed by atoms with van der Waals surface area (Å²) in [6, 6.07) is -0.140. The maximum Gasteiger partial charge on any atom is 0.252 e. The smallest absolute Gasteiger partial charge is 0.252 e. The van der Waals surface area contributed by atoms with E-state index in [9.17, 15) is 9.90 Å². The fourth-order valence-electron chi connectivity index (χ4n) is 2.98. The van der Waals surface area contributed by atoms with Crippen LogP contribution >= 0.6 is 11.3 Å². The number of aliphatic hydroxyl groups is 1. The molecule has 2 atom stereocenters. The van der Waals surface area contributed by atoms with Crippen LogP contribution in [-0.2, 0) is 12.8 Å². The molecular weight excluding hydrogens is 282 g/mol. The number of thiophene rings is 1. The van der Waals surface area contributed by atoms with Crippen molar-refractivity contribution in [2.45, 2.75) is 59.4 Å². The van der Waals surface area contributed by atoms with E-state index in [1.54, 1.807) is 11.3 Å². The monoisotopic (exact) mass is 309 g/mol. The molecule has 0 saturated carbocycles. The van der Waals surface area contributed by atoms with E-state index in [-0.39, 0.29) is 18.6 Å². The average molecular weight is 309 g/mol. The van der Waals surface area contributed by atoms with Gasteiger partial charge in [-0.15, -0.1) is 11.3 Å². The number of hydrogen-bond acceptors (Lipinski definition) is 3. The van der Waals surface area contributed by atoms with Gasteiger partial charge in [0.1, 0.15) is 0 Å². The van der Waals surface area contributed by atoms with Crippen molar-refractivity contribution in [3.05, 3.63) is 21.4 Å². The molecule has 0 spiro atoms. The molecule has 0 fully saturated rings. The molecule has 21 heavy (non-hydrogen) atoms. The van der Waals surface area contributed by atoms with Crippen molar-refractivity contribution < 1.29 is 9.90 Å². The van der Waals surface area contributed by atoms with Crippen molar-refractivity contribution in [1.29, 1.82) is 0 Å². The molecule has 3 nitrogen and oxygen atoms in total. The highest BCUT2D eigenvalue weighted by atomic mass is 32.1. The van der Waals surface area contributed by atoms with Crippen LogP contribution in [0.25, 0.3) is 0 Å². The Morgan fingerprint density at radius 3 is 2.81 bits per heavy atom. The third-order valence-electron chi connectivity index (χ3n) is 4.67. The summed E-state index contributed by atoms with van der Waals surface area (Å²) in [5, 5.41) is 14.1. The van der Waals surface area contributed by atoms with Gasteiger partial charge in [-0.25, -0.2) is 0 Å². The number of hydrogen-bond donors (Lipinski definition) is 2. The zero-order valence-corrected chi connectivity index (χ0v) is 14.3. The Balaban J connectivity index is 2.13. The van der Waals surface area contributed by atoms with Gasteiger partial charge in [0, 0.05) is 10.3 Å². The zero-order valence-electron chi connectivity index (χ0n) is 13.5. The van der Waals surface area contributed by atoms with E-state index in [1.807, 2.05) is 12.3 Å². The number of rotatable bonds is 4. The predicted octanol–water partition coefficient (Wildman–Crippen LogP) is 3.40. The van der Waals surface area contributed by atoms with E-state index < -0.39 is 0 Å². The summed E-state index contributed by atoms with van der Waals surface area (Å²) in [6.07, 6.45) is 4.00. The summed E-state index contributed by atoms with van der Waals surface area (Å²) in [5.74, 6) is 0.669. The number of amides is 1.